The largest absolute Gasteiger partial charge is 0.398 e. The summed E-state index contributed by atoms with van der Waals surface area (Å²) in [7, 11) is 0. The number of benzene rings is 1. The van der Waals surface area contributed by atoms with Crippen molar-refractivity contribution in [2.45, 2.75) is 31.0 Å². The van der Waals surface area contributed by atoms with Gasteiger partial charge in [-0.3, -0.25) is 0 Å². The highest BCUT2D eigenvalue weighted by Crippen LogP contribution is 2.28. The maximum Gasteiger partial charge on any atom is 0.0867 e. The molecule has 5 heteroatoms. The molecule has 0 fully saturated rings. The van der Waals surface area contributed by atoms with E-state index in [2.05, 4.69) is 15.9 Å². The van der Waals surface area contributed by atoms with Crippen molar-refractivity contribution in [1.29, 1.82) is 0 Å². The van der Waals surface area contributed by atoms with E-state index in [-0.39, 0.29) is 6.10 Å². The van der Waals surface area contributed by atoms with Gasteiger partial charge in [0.15, 0.2) is 0 Å². The van der Waals surface area contributed by atoms with Crippen LogP contribution in [0.3, 0.4) is 0 Å². The number of hydrogen-bond donors (Lipinski definition) is 2. The van der Waals surface area contributed by atoms with Crippen LogP contribution in [-0.4, -0.2) is 29.7 Å². The van der Waals surface area contributed by atoms with Crippen LogP contribution in [0.25, 0.3) is 0 Å². The molecular formula is C12H18BrNO2S. The summed E-state index contributed by atoms with van der Waals surface area (Å²) in [6.07, 6.45) is -0.327. The highest BCUT2D eigenvalue weighted by Gasteiger charge is 2.08. The molecule has 0 saturated carbocycles. The molecule has 1 aromatic rings. The zero-order chi connectivity index (χ0) is 12.8. The van der Waals surface area contributed by atoms with Crippen LogP contribution in [-0.2, 0) is 4.74 Å². The third-order valence-electron chi connectivity index (χ3n) is 2.03. The summed E-state index contributed by atoms with van der Waals surface area (Å²) in [6.45, 7) is 4.26. The number of halogens is 1. The highest BCUT2D eigenvalue weighted by molar-refractivity contribution is 9.10. The van der Waals surface area contributed by atoms with Crippen LogP contribution in [0.15, 0.2) is 27.6 Å². The van der Waals surface area contributed by atoms with Crippen LogP contribution in [0.1, 0.15) is 13.8 Å². The summed E-state index contributed by atoms with van der Waals surface area (Å²) in [4.78, 5) is 0.975. The van der Waals surface area contributed by atoms with Crippen molar-refractivity contribution in [2.24, 2.45) is 0 Å². The van der Waals surface area contributed by atoms with Gasteiger partial charge in [0, 0.05) is 20.8 Å². The Labute approximate surface area is 115 Å². The van der Waals surface area contributed by atoms with Gasteiger partial charge in [-0.25, -0.2) is 0 Å². The van der Waals surface area contributed by atoms with E-state index in [1.54, 1.807) is 0 Å². The third kappa shape index (κ3) is 5.77. The van der Waals surface area contributed by atoms with Crippen molar-refractivity contribution in [2.75, 3.05) is 18.1 Å². The topological polar surface area (TPSA) is 55.5 Å². The number of aliphatic hydroxyl groups is 1. The smallest absolute Gasteiger partial charge is 0.0867 e. The van der Waals surface area contributed by atoms with Crippen LogP contribution in [0.4, 0.5) is 5.69 Å². The first-order chi connectivity index (χ1) is 7.99. The molecule has 3 N–H and O–H groups in total. The van der Waals surface area contributed by atoms with E-state index in [1.165, 1.54) is 11.8 Å². The van der Waals surface area contributed by atoms with Crippen LogP contribution < -0.4 is 5.73 Å². The van der Waals surface area contributed by atoms with E-state index in [0.717, 1.165) is 15.1 Å². The molecule has 3 nitrogen and oxygen atoms in total. The fourth-order valence-electron chi connectivity index (χ4n) is 1.17. The molecule has 0 saturated heterocycles. The average Bonchev–Trinajstić information content (AvgIpc) is 2.27. The zero-order valence-electron chi connectivity index (χ0n) is 10.0. The molecule has 0 aliphatic carbocycles. The lowest BCUT2D eigenvalue weighted by Gasteiger charge is -2.13. The Kier molecular flexibility index (Phi) is 6.33. The normalized spacial score (nSPS) is 13.0. The van der Waals surface area contributed by atoms with Crippen LogP contribution in [0.5, 0.6) is 0 Å². The maximum atomic E-state index is 9.72. The van der Waals surface area contributed by atoms with Gasteiger partial charge in [0.25, 0.3) is 0 Å². The summed E-state index contributed by atoms with van der Waals surface area (Å²) < 4.78 is 6.33. The van der Waals surface area contributed by atoms with E-state index < -0.39 is 6.10 Å². The van der Waals surface area contributed by atoms with Crippen molar-refractivity contribution in [1.82, 2.24) is 0 Å². The fourth-order valence-corrected chi connectivity index (χ4v) is 2.60. The molecule has 0 aliphatic heterocycles. The molecule has 0 bridgehead atoms. The average molecular weight is 320 g/mol. The Morgan fingerprint density at radius 2 is 2.18 bits per heavy atom. The zero-order valence-corrected chi connectivity index (χ0v) is 12.4. The standard InChI is InChI=1S/C12H18BrNO2S/c1-8(2)16-6-10(15)7-17-12-5-9(13)3-4-11(12)14/h3-5,8,10,15H,6-7,14H2,1-2H3. The molecule has 17 heavy (non-hydrogen) atoms. The van der Waals surface area contributed by atoms with E-state index >= 15 is 0 Å². The maximum absolute atomic E-state index is 9.72. The fraction of sp³-hybridized carbons (Fsp3) is 0.500. The highest BCUT2D eigenvalue weighted by atomic mass is 79.9. The lowest BCUT2D eigenvalue weighted by Crippen LogP contribution is -2.20. The SMILES string of the molecule is CC(C)OCC(O)CSc1cc(Br)ccc1N. The van der Waals surface area contributed by atoms with Gasteiger partial charge in [-0.1, -0.05) is 15.9 Å². The second kappa shape index (κ2) is 7.26. The molecule has 0 amide bonds. The minimum absolute atomic E-state index is 0.144. The monoisotopic (exact) mass is 319 g/mol. The Morgan fingerprint density at radius 3 is 2.82 bits per heavy atom. The van der Waals surface area contributed by atoms with E-state index in [1.807, 2.05) is 32.0 Å². The van der Waals surface area contributed by atoms with Crippen molar-refractivity contribution < 1.29 is 9.84 Å². The van der Waals surface area contributed by atoms with E-state index in [9.17, 15) is 5.11 Å². The Morgan fingerprint density at radius 1 is 1.47 bits per heavy atom. The number of rotatable bonds is 6. The number of hydrogen-bond acceptors (Lipinski definition) is 4. The molecule has 1 unspecified atom stereocenters. The van der Waals surface area contributed by atoms with Gasteiger partial charge >= 0.3 is 0 Å². The van der Waals surface area contributed by atoms with Gasteiger partial charge in [0.05, 0.1) is 18.8 Å². The van der Waals surface area contributed by atoms with E-state index in [4.69, 9.17) is 10.5 Å². The Balaban J connectivity index is 2.41. The molecule has 0 aromatic heterocycles. The second-order valence-electron chi connectivity index (χ2n) is 4.03. The van der Waals surface area contributed by atoms with Gasteiger partial charge in [-0.05, 0) is 32.0 Å². The number of ether oxygens (including phenoxy) is 1. The van der Waals surface area contributed by atoms with Crippen LogP contribution >= 0.6 is 27.7 Å². The van der Waals surface area contributed by atoms with E-state index in [0.29, 0.717) is 12.4 Å². The first kappa shape index (κ1) is 14.8. The molecular weight excluding hydrogens is 302 g/mol. The van der Waals surface area contributed by atoms with Gasteiger partial charge < -0.3 is 15.6 Å². The minimum Gasteiger partial charge on any atom is -0.398 e. The molecule has 0 radical (unpaired) electrons. The van der Waals surface area contributed by atoms with Crippen molar-refractivity contribution in [3.8, 4) is 0 Å². The predicted octanol–water partition coefficient (Wildman–Crippen LogP) is 2.91. The predicted molar refractivity (Wildman–Crippen MR) is 76.4 cm³/mol. The van der Waals surface area contributed by atoms with Gasteiger partial charge in [-0.2, -0.15) is 0 Å². The lowest BCUT2D eigenvalue weighted by molar-refractivity contribution is 0.0152. The number of nitrogen functional groups attached to an aromatic ring is 1. The van der Waals surface area contributed by atoms with Crippen molar-refractivity contribution >= 4 is 33.4 Å². The molecule has 1 aromatic carbocycles. The lowest BCUT2D eigenvalue weighted by atomic mass is 10.3. The van der Waals surface area contributed by atoms with Gasteiger partial charge in [-0.15, -0.1) is 11.8 Å². The number of anilines is 1. The van der Waals surface area contributed by atoms with Gasteiger partial charge in [0.2, 0.25) is 0 Å². The van der Waals surface area contributed by atoms with Crippen molar-refractivity contribution in [3.63, 3.8) is 0 Å². The summed E-state index contributed by atoms with van der Waals surface area (Å²) in [5, 5.41) is 9.72. The second-order valence-corrected chi connectivity index (χ2v) is 6.01. The summed E-state index contributed by atoms with van der Waals surface area (Å²) in [6, 6.07) is 5.71. The van der Waals surface area contributed by atoms with Crippen LogP contribution in [0.2, 0.25) is 0 Å². The summed E-state index contributed by atoms with van der Waals surface area (Å²) in [5.74, 6) is 0.577. The molecule has 0 spiro atoms. The Bertz CT molecular complexity index is 360. The summed E-state index contributed by atoms with van der Waals surface area (Å²) in [5.41, 5.74) is 6.57. The number of nitrogens with two attached hydrogens (primary N) is 1. The quantitative estimate of drug-likeness (QED) is 0.625. The molecule has 0 aliphatic rings. The minimum atomic E-state index is -0.471. The van der Waals surface area contributed by atoms with Crippen LogP contribution in [0, 0.1) is 0 Å². The molecule has 96 valence electrons. The van der Waals surface area contributed by atoms with Gasteiger partial charge in [0.1, 0.15) is 0 Å². The molecule has 1 rings (SSSR count). The molecule has 1 atom stereocenters. The first-order valence-electron chi connectivity index (χ1n) is 5.46. The summed E-state index contributed by atoms with van der Waals surface area (Å²) >= 11 is 4.93. The third-order valence-corrected chi connectivity index (χ3v) is 3.74. The number of aliphatic hydroxyl groups excluding tert-OH is 1. The number of thioether (sulfide) groups is 1. The molecule has 0 heterocycles. The van der Waals surface area contributed by atoms with Crippen molar-refractivity contribution in [3.05, 3.63) is 22.7 Å². The Hall–Kier alpha value is -0.230. The first-order valence-corrected chi connectivity index (χ1v) is 7.24.